The Morgan fingerprint density at radius 3 is 2.74 bits per heavy atom. The van der Waals surface area contributed by atoms with Gasteiger partial charge in [-0.05, 0) is 39.8 Å². The van der Waals surface area contributed by atoms with Crippen molar-refractivity contribution in [2.45, 2.75) is 44.1 Å². The van der Waals surface area contributed by atoms with Gasteiger partial charge in [0.2, 0.25) is 11.8 Å². The predicted octanol–water partition coefficient (Wildman–Crippen LogP) is 0.958. The molecule has 132 valence electrons. The van der Waals surface area contributed by atoms with Gasteiger partial charge in [-0.1, -0.05) is 0 Å². The number of ether oxygens (including phenoxy) is 1. The molecule has 2 aliphatic rings. The second-order valence-electron chi connectivity index (χ2n) is 7.05. The molecule has 2 heterocycles. The van der Waals surface area contributed by atoms with Crippen LogP contribution in [0.4, 0.5) is 0 Å². The minimum Gasteiger partial charge on any atom is -0.384 e. The van der Waals surface area contributed by atoms with E-state index >= 15 is 0 Å². The van der Waals surface area contributed by atoms with Crippen molar-refractivity contribution < 1.29 is 14.3 Å². The van der Waals surface area contributed by atoms with Gasteiger partial charge >= 0.3 is 0 Å². The van der Waals surface area contributed by atoms with Crippen molar-refractivity contribution in [3.8, 4) is 0 Å². The van der Waals surface area contributed by atoms with Crippen molar-refractivity contribution in [2.75, 3.05) is 54.0 Å². The lowest BCUT2D eigenvalue weighted by molar-refractivity contribution is -0.132. The van der Waals surface area contributed by atoms with E-state index in [1.54, 1.807) is 7.11 Å². The molecular formula is C17H31N3O3. The van der Waals surface area contributed by atoms with E-state index in [4.69, 9.17) is 4.74 Å². The Kier molecular flexibility index (Phi) is 6.41. The van der Waals surface area contributed by atoms with Crippen LogP contribution >= 0.6 is 0 Å². The van der Waals surface area contributed by atoms with Gasteiger partial charge < -0.3 is 19.4 Å². The minimum absolute atomic E-state index is 0.0244. The number of likely N-dealkylation sites (tertiary alicyclic amines) is 2. The maximum atomic E-state index is 12.3. The van der Waals surface area contributed by atoms with Crippen molar-refractivity contribution in [3.05, 3.63) is 0 Å². The van der Waals surface area contributed by atoms with Crippen LogP contribution in [0.2, 0.25) is 0 Å². The quantitative estimate of drug-likeness (QED) is 0.730. The van der Waals surface area contributed by atoms with E-state index in [1.807, 2.05) is 19.0 Å². The number of hydrogen-bond acceptors (Lipinski definition) is 4. The number of rotatable bonds is 6. The minimum atomic E-state index is -0.0244. The van der Waals surface area contributed by atoms with Gasteiger partial charge in [0.05, 0.1) is 13.0 Å². The fourth-order valence-corrected chi connectivity index (χ4v) is 3.83. The highest BCUT2D eigenvalue weighted by molar-refractivity contribution is 5.80. The van der Waals surface area contributed by atoms with Gasteiger partial charge in [0.1, 0.15) is 0 Å². The Bertz CT molecular complexity index is 427. The first-order valence-electron chi connectivity index (χ1n) is 8.70. The maximum absolute atomic E-state index is 12.3. The summed E-state index contributed by atoms with van der Waals surface area (Å²) in [4.78, 5) is 30.8. The third-order valence-corrected chi connectivity index (χ3v) is 5.24. The van der Waals surface area contributed by atoms with Crippen LogP contribution in [0.1, 0.15) is 38.5 Å². The molecule has 0 aromatic rings. The fraction of sp³-hybridized carbons (Fsp3) is 0.882. The number of amides is 2. The molecule has 6 heteroatoms. The third kappa shape index (κ3) is 4.44. The van der Waals surface area contributed by atoms with Crippen LogP contribution in [0, 0.1) is 0 Å². The Hall–Kier alpha value is -1.14. The molecule has 0 aliphatic carbocycles. The summed E-state index contributed by atoms with van der Waals surface area (Å²) in [6.45, 7) is 3.73. The van der Waals surface area contributed by atoms with Crippen LogP contribution in [0.5, 0.6) is 0 Å². The molecule has 6 nitrogen and oxygen atoms in total. The molecule has 0 aromatic carbocycles. The van der Waals surface area contributed by atoms with Crippen molar-refractivity contribution >= 4 is 11.8 Å². The summed E-state index contributed by atoms with van der Waals surface area (Å²) < 4.78 is 5.01. The van der Waals surface area contributed by atoms with Gasteiger partial charge in [0.15, 0.2) is 0 Å². The summed E-state index contributed by atoms with van der Waals surface area (Å²) in [6, 6.07) is 0. The monoisotopic (exact) mass is 325 g/mol. The normalized spacial score (nSPS) is 25.5. The summed E-state index contributed by atoms with van der Waals surface area (Å²) in [5.41, 5.74) is -0.0244. The van der Waals surface area contributed by atoms with Crippen molar-refractivity contribution in [1.82, 2.24) is 14.7 Å². The summed E-state index contributed by atoms with van der Waals surface area (Å²) >= 11 is 0. The smallest absolute Gasteiger partial charge is 0.224 e. The summed E-state index contributed by atoms with van der Waals surface area (Å²) in [6.07, 6.45) is 4.95. The zero-order chi connectivity index (χ0) is 16.9. The number of likely N-dealkylation sites (N-methyl/N-ethyl adjacent to an activating group) is 1. The van der Waals surface area contributed by atoms with E-state index in [1.165, 1.54) is 0 Å². The topological polar surface area (TPSA) is 53.1 Å². The van der Waals surface area contributed by atoms with Crippen LogP contribution in [-0.4, -0.2) is 86.0 Å². The van der Waals surface area contributed by atoms with E-state index in [-0.39, 0.29) is 17.4 Å². The number of carbonyl (C=O) groups is 2. The Labute approximate surface area is 139 Å². The Balaban J connectivity index is 1.99. The lowest BCUT2D eigenvalue weighted by Crippen LogP contribution is -2.49. The highest BCUT2D eigenvalue weighted by Gasteiger charge is 2.45. The molecule has 2 rings (SSSR count). The number of methoxy groups -OCH3 is 1. The Morgan fingerprint density at radius 1 is 1.26 bits per heavy atom. The third-order valence-electron chi connectivity index (χ3n) is 5.24. The molecule has 2 saturated heterocycles. The molecule has 2 amide bonds. The first kappa shape index (κ1) is 18.2. The predicted molar refractivity (Wildman–Crippen MR) is 89.2 cm³/mol. The van der Waals surface area contributed by atoms with Crippen molar-refractivity contribution in [3.63, 3.8) is 0 Å². The van der Waals surface area contributed by atoms with E-state index in [9.17, 15) is 9.59 Å². The second kappa shape index (κ2) is 8.11. The number of carbonyl (C=O) groups excluding carboxylic acids is 2. The van der Waals surface area contributed by atoms with Gasteiger partial charge in [0, 0.05) is 45.2 Å². The second-order valence-corrected chi connectivity index (χ2v) is 7.05. The largest absolute Gasteiger partial charge is 0.384 e. The van der Waals surface area contributed by atoms with Crippen LogP contribution in [-0.2, 0) is 14.3 Å². The van der Waals surface area contributed by atoms with E-state index < -0.39 is 0 Å². The molecule has 0 radical (unpaired) electrons. The first-order valence-corrected chi connectivity index (χ1v) is 8.70. The van der Waals surface area contributed by atoms with Gasteiger partial charge in [-0.15, -0.1) is 0 Å². The number of nitrogens with zero attached hydrogens (tertiary/aromatic N) is 3. The van der Waals surface area contributed by atoms with Crippen molar-refractivity contribution in [1.29, 1.82) is 0 Å². The first-order chi connectivity index (χ1) is 11.0. The molecule has 23 heavy (non-hydrogen) atoms. The average molecular weight is 325 g/mol. The van der Waals surface area contributed by atoms with Gasteiger partial charge in [-0.3, -0.25) is 9.59 Å². The molecule has 2 aliphatic heterocycles. The van der Waals surface area contributed by atoms with Crippen LogP contribution in [0.15, 0.2) is 0 Å². The maximum Gasteiger partial charge on any atom is 0.224 e. The lowest BCUT2D eigenvalue weighted by Gasteiger charge is -2.38. The van der Waals surface area contributed by atoms with Gasteiger partial charge in [0.25, 0.3) is 0 Å². The molecule has 0 aromatic heterocycles. The van der Waals surface area contributed by atoms with Crippen LogP contribution in [0.25, 0.3) is 0 Å². The molecular weight excluding hydrogens is 294 g/mol. The highest BCUT2D eigenvalue weighted by atomic mass is 16.5. The molecule has 0 N–H and O–H groups in total. The average Bonchev–Trinajstić information content (AvgIpc) is 2.70. The SMILES string of the molecule is COCCC(=O)N1CCCC2(CCC(=O)N2CCN(C)C)CC1. The standard InChI is InChI=1S/C17H31N3O3/c1-18(2)12-13-20-16(22)5-8-17(20)7-4-10-19(11-9-17)15(21)6-14-23-3/h4-14H2,1-3H3. The van der Waals surface area contributed by atoms with E-state index in [0.29, 0.717) is 19.4 Å². The lowest BCUT2D eigenvalue weighted by atomic mass is 9.87. The molecule has 0 bridgehead atoms. The summed E-state index contributed by atoms with van der Waals surface area (Å²) in [5, 5.41) is 0. The molecule has 1 unspecified atom stereocenters. The highest BCUT2D eigenvalue weighted by Crippen LogP contribution is 2.39. The van der Waals surface area contributed by atoms with Crippen LogP contribution < -0.4 is 0 Å². The number of hydrogen-bond donors (Lipinski definition) is 0. The van der Waals surface area contributed by atoms with Crippen molar-refractivity contribution in [2.24, 2.45) is 0 Å². The molecule has 1 spiro atoms. The molecule has 2 fully saturated rings. The van der Waals surface area contributed by atoms with Gasteiger partial charge in [-0.25, -0.2) is 0 Å². The molecule has 0 saturated carbocycles. The van der Waals surface area contributed by atoms with Crippen LogP contribution in [0.3, 0.4) is 0 Å². The molecule has 1 atom stereocenters. The summed E-state index contributed by atoms with van der Waals surface area (Å²) in [5.74, 6) is 0.457. The zero-order valence-electron chi connectivity index (χ0n) is 14.8. The summed E-state index contributed by atoms with van der Waals surface area (Å²) in [7, 11) is 5.70. The zero-order valence-corrected chi connectivity index (χ0v) is 14.8. The Morgan fingerprint density at radius 2 is 2.04 bits per heavy atom. The fourth-order valence-electron chi connectivity index (χ4n) is 3.83. The van der Waals surface area contributed by atoms with E-state index in [0.717, 1.165) is 51.9 Å². The van der Waals surface area contributed by atoms with Gasteiger partial charge in [-0.2, -0.15) is 0 Å². The van der Waals surface area contributed by atoms with E-state index in [2.05, 4.69) is 9.80 Å².